The fourth-order valence-electron chi connectivity index (χ4n) is 3.65. The standard InChI is InChI=1S/C26H22N2O6/c1-33-26(32)23-20-13-12-19(27-15-22(29)18-10-6-3-7-11-18)14-21(20)24(30)28(25(23)31)34-16-17-8-4-2-5-9-17/h2-14,23,27H,15-16H2,1H3. The van der Waals surface area contributed by atoms with Gasteiger partial charge in [-0.15, -0.1) is 5.06 Å². The maximum Gasteiger partial charge on any atom is 0.322 e. The van der Waals surface area contributed by atoms with Gasteiger partial charge in [-0.1, -0.05) is 66.7 Å². The van der Waals surface area contributed by atoms with E-state index in [9.17, 15) is 19.2 Å². The molecular formula is C26H22N2O6. The Bertz CT molecular complexity index is 1230. The summed E-state index contributed by atoms with van der Waals surface area (Å²) in [5.41, 5.74) is 2.12. The van der Waals surface area contributed by atoms with Crippen LogP contribution in [-0.2, 0) is 25.8 Å². The van der Waals surface area contributed by atoms with Crippen molar-refractivity contribution in [2.45, 2.75) is 12.5 Å². The number of ether oxygens (including phenoxy) is 1. The van der Waals surface area contributed by atoms with Crippen LogP contribution in [0.2, 0.25) is 0 Å². The van der Waals surface area contributed by atoms with E-state index in [1.54, 1.807) is 54.6 Å². The number of amides is 2. The van der Waals surface area contributed by atoms with E-state index < -0.39 is 23.7 Å². The van der Waals surface area contributed by atoms with Gasteiger partial charge in [0, 0.05) is 16.8 Å². The first-order chi connectivity index (χ1) is 16.5. The lowest BCUT2D eigenvalue weighted by atomic mass is 9.89. The van der Waals surface area contributed by atoms with E-state index in [-0.39, 0.29) is 30.1 Å². The average molecular weight is 458 g/mol. The highest BCUT2D eigenvalue weighted by molar-refractivity contribution is 6.17. The highest BCUT2D eigenvalue weighted by atomic mass is 16.7. The smallest absolute Gasteiger partial charge is 0.322 e. The molecule has 0 aromatic heterocycles. The molecule has 8 nitrogen and oxygen atoms in total. The molecule has 1 heterocycles. The molecule has 0 bridgehead atoms. The minimum absolute atomic E-state index is 0.00454. The summed E-state index contributed by atoms with van der Waals surface area (Å²) in [5.74, 6) is -3.78. The second-order valence-electron chi connectivity index (χ2n) is 7.60. The van der Waals surface area contributed by atoms with Crippen LogP contribution in [0.25, 0.3) is 0 Å². The summed E-state index contributed by atoms with van der Waals surface area (Å²) in [6.45, 7) is -0.0321. The lowest BCUT2D eigenvalue weighted by Crippen LogP contribution is -2.47. The SMILES string of the molecule is COC(=O)C1C(=O)N(OCc2ccccc2)C(=O)c2cc(NCC(=O)c3ccccc3)ccc21. The van der Waals surface area contributed by atoms with Gasteiger partial charge < -0.3 is 10.1 Å². The maximum absolute atomic E-state index is 13.1. The van der Waals surface area contributed by atoms with Gasteiger partial charge in [0.15, 0.2) is 11.7 Å². The number of hydrogen-bond acceptors (Lipinski definition) is 7. The molecule has 0 saturated carbocycles. The third kappa shape index (κ3) is 4.72. The number of hydrogen-bond donors (Lipinski definition) is 1. The summed E-state index contributed by atoms with van der Waals surface area (Å²) in [6, 6.07) is 22.4. The zero-order chi connectivity index (χ0) is 24.1. The molecule has 1 atom stereocenters. The Labute approximate surface area is 196 Å². The molecule has 0 spiro atoms. The monoisotopic (exact) mass is 458 g/mol. The van der Waals surface area contributed by atoms with E-state index in [2.05, 4.69) is 5.32 Å². The molecule has 8 heteroatoms. The molecule has 2 amide bonds. The normalized spacial score (nSPS) is 15.0. The van der Waals surface area contributed by atoms with Crippen molar-refractivity contribution in [2.24, 2.45) is 0 Å². The summed E-state index contributed by atoms with van der Waals surface area (Å²) in [6.07, 6.45) is 0. The Morgan fingerprint density at radius 3 is 2.29 bits per heavy atom. The molecule has 4 rings (SSSR count). The van der Waals surface area contributed by atoms with Crippen LogP contribution in [0.3, 0.4) is 0 Å². The number of anilines is 1. The fraction of sp³-hybridized carbons (Fsp3) is 0.154. The molecule has 1 aliphatic rings. The minimum atomic E-state index is -1.34. The number of esters is 1. The van der Waals surface area contributed by atoms with Gasteiger partial charge in [-0.25, -0.2) is 0 Å². The quantitative estimate of drug-likeness (QED) is 0.239. The average Bonchev–Trinajstić information content (AvgIpc) is 2.88. The minimum Gasteiger partial charge on any atom is -0.468 e. The highest BCUT2D eigenvalue weighted by Gasteiger charge is 2.44. The Morgan fingerprint density at radius 2 is 1.62 bits per heavy atom. The number of fused-ring (bicyclic) bond motifs is 1. The summed E-state index contributed by atoms with van der Waals surface area (Å²) < 4.78 is 4.81. The van der Waals surface area contributed by atoms with E-state index in [1.165, 1.54) is 19.2 Å². The van der Waals surface area contributed by atoms with Crippen LogP contribution >= 0.6 is 0 Å². The van der Waals surface area contributed by atoms with Crippen molar-refractivity contribution in [3.63, 3.8) is 0 Å². The third-order valence-electron chi connectivity index (χ3n) is 5.42. The molecule has 34 heavy (non-hydrogen) atoms. The van der Waals surface area contributed by atoms with Crippen LogP contribution in [0.5, 0.6) is 0 Å². The molecule has 1 aliphatic heterocycles. The van der Waals surface area contributed by atoms with Crippen LogP contribution in [-0.4, -0.2) is 42.3 Å². The Balaban J connectivity index is 1.58. The molecule has 3 aromatic rings. The first-order valence-electron chi connectivity index (χ1n) is 10.6. The second kappa shape index (κ2) is 10.1. The zero-order valence-electron chi connectivity index (χ0n) is 18.4. The number of carbonyl (C=O) groups is 4. The molecule has 1 unspecified atom stereocenters. The van der Waals surface area contributed by atoms with Crippen molar-refractivity contribution in [3.8, 4) is 0 Å². The molecule has 3 aromatic carbocycles. The van der Waals surface area contributed by atoms with E-state index in [0.717, 1.165) is 5.56 Å². The lowest BCUT2D eigenvalue weighted by molar-refractivity contribution is -0.179. The number of nitrogens with zero attached hydrogens (tertiary/aromatic N) is 1. The number of methoxy groups -OCH3 is 1. The van der Waals surface area contributed by atoms with Gasteiger partial charge in [0.25, 0.3) is 11.8 Å². The van der Waals surface area contributed by atoms with Crippen LogP contribution in [0.4, 0.5) is 5.69 Å². The fourth-order valence-corrected chi connectivity index (χ4v) is 3.65. The molecule has 0 radical (unpaired) electrons. The number of rotatable bonds is 8. The van der Waals surface area contributed by atoms with Crippen molar-refractivity contribution in [1.29, 1.82) is 0 Å². The molecule has 0 saturated heterocycles. The first-order valence-corrected chi connectivity index (χ1v) is 10.6. The Hall–Kier alpha value is -4.30. The van der Waals surface area contributed by atoms with Crippen LogP contribution < -0.4 is 5.32 Å². The topological polar surface area (TPSA) is 102 Å². The molecule has 0 aliphatic carbocycles. The van der Waals surface area contributed by atoms with Gasteiger partial charge in [-0.3, -0.25) is 24.0 Å². The molecular weight excluding hydrogens is 436 g/mol. The van der Waals surface area contributed by atoms with Crippen molar-refractivity contribution in [1.82, 2.24) is 5.06 Å². The van der Waals surface area contributed by atoms with E-state index >= 15 is 0 Å². The largest absolute Gasteiger partial charge is 0.468 e. The summed E-state index contributed by atoms with van der Waals surface area (Å²) in [7, 11) is 1.17. The van der Waals surface area contributed by atoms with Crippen LogP contribution in [0.15, 0.2) is 78.9 Å². The van der Waals surface area contributed by atoms with Crippen molar-refractivity contribution in [2.75, 3.05) is 19.0 Å². The van der Waals surface area contributed by atoms with Gasteiger partial charge in [0.05, 0.1) is 13.7 Å². The highest BCUT2D eigenvalue weighted by Crippen LogP contribution is 2.33. The third-order valence-corrected chi connectivity index (χ3v) is 5.42. The predicted octanol–water partition coefficient (Wildman–Crippen LogP) is 3.35. The second-order valence-corrected chi connectivity index (χ2v) is 7.60. The van der Waals surface area contributed by atoms with E-state index in [1.807, 2.05) is 12.1 Å². The number of Topliss-reactive ketones (excluding diaryl/α,β-unsaturated/α-hetero) is 1. The lowest BCUT2D eigenvalue weighted by Gasteiger charge is -2.30. The van der Waals surface area contributed by atoms with E-state index in [4.69, 9.17) is 9.57 Å². The van der Waals surface area contributed by atoms with Crippen molar-refractivity contribution >= 4 is 29.3 Å². The van der Waals surface area contributed by atoms with Gasteiger partial charge in [0.2, 0.25) is 0 Å². The van der Waals surface area contributed by atoms with Crippen molar-refractivity contribution < 1.29 is 28.8 Å². The van der Waals surface area contributed by atoms with Crippen molar-refractivity contribution in [3.05, 3.63) is 101 Å². The summed E-state index contributed by atoms with van der Waals surface area (Å²) >= 11 is 0. The summed E-state index contributed by atoms with van der Waals surface area (Å²) in [5, 5.41) is 3.60. The number of imide groups is 1. The number of ketones is 1. The predicted molar refractivity (Wildman–Crippen MR) is 123 cm³/mol. The van der Waals surface area contributed by atoms with Crippen LogP contribution in [0.1, 0.15) is 37.8 Å². The van der Waals surface area contributed by atoms with Gasteiger partial charge in [0.1, 0.15) is 6.61 Å². The van der Waals surface area contributed by atoms with Gasteiger partial charge >= 0.3 is 5.97 Å². The molecule has 172 valence electrons. The van der Waals surface area contributed by atoms with Gasteiger partial charge in [-0.2, -0.15) is 0 Å². The van der Waals surface area contributed by atoms with Crippen LogP contribution in [0, 0.1) is 0 Å². The number of hydroxylamine groups is 2. The Kier molecular flexibility index (Phi) is 6.79. The molecule has 1 N–H and O–H groups in total. The van der Waals surface area contributed by atoms with Gasteiger partial charge in [-0.05, 0) is 23.3 Å². The van der Waals surface area contributed by atoms with E-state index in [0.29, 0.717) is 16.3 Å². The number of carbonyl (C=O) groups excluding carboxylic acids is 4. The first kappa shape index (κ1) is 22.9. The number of benzene rings is 3. The Morgan fingerprint density at radius 1 is 0.941 bits per heavy atom. The summed E-state index contributed by atoms with van der Waals surface area (Å²) in [4.78, 5) is 56.5. The number of nitrogens with one attached hydrogen (secondary N) is 1. The maximum atomic E-state index is 13.1. The zero-order valence-corrected chi connectivity index (χ0v) is 18.4. The molecule has 0 fully saturated rings.